The monoisotopic (exact) mass is 516 g/mol. The second-order valence-electron chi connectivity index (χ2n) is 11.2. The van der Waals surface area contributed by atoms with Crippen molar-refractivity contribution < 1.29 is 28.2 Å². The molecule has 1 aromatic carbocycles. The fourth-order valence-electron chi connectivity index (χ4n) is 5.51. The van der Waals surface area contributed by atoms with Gasteiger partial charge in [0.25, 0.3) is 0 Å². The maximum Gasteiger partial charge on any atom is 0.410 e. The zero-order valence-corrected chi connectivity index (χ0v) is 22.1. The lowest BCUT2D eigenvalue weighted by Crippen LogP contribution is -2.50. The molecule has 1 saturated carbocycles. The van der Waals surface area contributed by atoms with Gasteiger partial charge in [-0.1, -0.05) is 0 Å². The standard InChI is InChI=1S/C27H37FN4O5/c1-5-36-23(33)7-11-32(24(29)34)22-14-18-6-10-31(21(18)15-20(22)28)19-16-27(17-19)8-12-30(13-9-27)25(35)37-26(2,3)4/h6,10,14-15,19H,5,7-9,11-13,16-17H2,1-4H3,(H2,29,34). The van der Waals surface area contributed by atoms with Gasteiger partial charge >= 0.3 is 18.1 Å². The lowest BCUT2D eigenvalue weighted by atomic mass is 9.60. The molecule has 202 valence electrons. The molecule has 1 aliphatic heterocycles. The van der Waals surface area contributed by atoms with E-state index in [0.29, 0.717) is 13.1 Å². The molecule has 0 radical (unpaired) electrons. The van der Waals surface area contributed by atoms with E-state index in [9.17, 15) is 14.4 Å². The van der Waals surface area contributed by atoms with Crippen LogP contribution in [0.2, 0.25) is 0 Å². The number of carbonyl (C=O) groups is 3. The second-order valence-corrected chi connectivity index (χ2v) is 11.2. The lowest BCUT2D eigenvalue weighted by molar-refractivity contribution is -0.142. The van der Waals surface area contributed by atoms with Crippen LogP contribution >= 0.6 is 0 Å². The fourth-order valence-corrected chi connectivity index (χ4v) is 5.51. The molecule has 4 rings (SSSR count). The van der Waals surface area contributed by atoms with Crippen molar-refractivity contribution in [3.63, 3.8) is 0 Å². The van der Waals surface area contributed by atoms with E-state index < -0.39 is 23.4 Å². The third-order valence-corrected chi connectivity index (χ3v) is 7.40. The Hall–Kier alpha value is -3.30. The predicted molar refractivity (Wildman–Crippen MR) is 138 cm³/mol. The Morgan fingerprint density at radius 1 is 1.19 bits per heavy atom. The van der Waals surface area contributed by atoms with Crippen molar-refractivity contribution >= 4 is 34.7 Å². The maximum atomic E-state index is 15.2. The van der Waals surface area contributed by atoms with Crippen LogP contribution < -0.4 is 10.6 Å². The number of amides is 3. The van der Waals surface area contributed by atoms with E-state index in [1.807, 2.05) is 33.0 Å². The first kappa shape index (κ1) is 26.8. The predicted octanol–water partition coefficient (Wildman–Crippen LogP) is 4.97. The van der Waals surface area contributed by atoms with E-state index in [-0.39, 0.29) is 42.8 Å². The molecule has 2 heterocycles. The van der Waals surface area contributed by atoms with Gasteiger partial charge < -0.3 is 24.7 Å². The van der Waals surface area contributed by atoms with Gasteiger partial charge in [0.2, 0.25) is 0 Å². The number of esters is 1. The smallest absolute Gasteiger partial charge is 0.410 e. The molecule has 3 amide bonds. The highest BCUT2D eigenvalue weighted by Crippen LogP contribution is 2.55. The third-order valence-electron chi connectivity index (χ3n) is 7.40. The summed E-state index contributed by atoms with van der Waals surface area (Å²) < 4.78 is 27.7. The number of anilines is 1. The zero-order chi connectivity index (χ0) is 27.0. The summed E-state index contributed by atoms with van der Waals surface area (Å²) in [5, 5.41) is 0.791. The number of carbonyl (C=O) groups excluding carboxylic acids is 3. The van der Waals surface area contributed by atoms with Gasteiger partial charge in [0.15, 0.2) is 0 Å². The number of rotatable bonds is 6. The summed E-state index contributed by atoms with van der Waals surface area (Å²) in [7, 11) is 0. The second kappa shape index (κ2) is 10.2. The summed E-state index contributed by atoms with van der Waals surface area (Å²) in [5.41, 5.74) is 5.97. The number of nitrogens with zero attached hydrogens (tertiary/aromatic N) is 3. The Morgan fingerprint density at radius 3 is 2.46 bits per heavy atom. The van der Waals surface area contributed by atoms with E-state index >= 15 is 4.39 Å². The van der Waals surface area contributed by atoms with Gasteiger partial charge in [-0.05, 0) is 70.9 Å². The summed E-state index contributed by atoms with van der Waals surface area (Å²) in [6.07, 6.45) is 5.40. The Morgan fingerprint density at radius 2 is 1.86 bits per heavy atom. The largest absolute Gasteiger partial charge is 0.466 e. The molecule has 9 nitrogen and oxygen atoms in total. The van der Waals surface area contributed by atoms with Crippen LogP contribution in [0.1, 0.15) is 65.8 Å². The van der Waals surface area contributed by atoms with E-state index in [4.69, 9.17) is 15.2 Å². The van der Waals surface area contributed by atoms with Crippen LogP contribution in [0.25, 0.3) is 10.9 Å². The molecular formula is C27H37FN4O5. The van der Waals surface area contributed by atoms with E-state index in [1.165, 1.54) is 6.07 Å². The highest BCUT2D eigenvalue weighted by atomic mass is 19.1. The Kier molecular flexibility index (Phi) is 7.39. The Bertz CT molecular complexity index is 1170. The van der Waals surface area contributed by atoms with Gasteiger partial charge in [0, 0.05) is 43.3 Å². The van der Waals surface area contributed by atoms with Crippen LogP contribution in [0.3, 0.4) is 0 Å². The number of halogens is 1. The first-order chi connectivity index (χ1) is 17.4. The molecule has 10 heteroatoms. The van der Waals surface area contributed by atoms with E-state index in [1.54, 1.807) is 17.9 Å². The quantitative estimate of drug-likeness (QED) is 0.546. The molecule has 0 unspecified atom stereocenters. The number of urea groups is 1. The van der Waals surface area contributed by atoms with Crippen molar-refractivity contribution in [2.45, 2.75) is 71.4 Å². The molecule has 2 aromatic rings. The van der Waals surface area contributed by atoms with Gasteiger partial charge in [-0.2, -0.15) is 0 Å². The van der Waals surface area contributed by atoms with Crippen molar-refractivity contribution in [3.8, 4) is 0 Å². The Balaban J connectivity index is 1.42. The topological polar surface area (TPSA) is 107 Å². The molecule has 1 saturated heterocycles. The van der Waals surface area contributed by atoms with Gasteiger partial charge in [-0.15, -0.1) is 0 Å². The lowest BCUT2D eigenvalue weighted by Gasteiger charge is -2.52. The summed E-state index contributed by atoms with van der Waals surface area (Å²) in [4.78, 5) is 39.0. The summed E-state index contributed by atoms with van der Waals surface area (Å²) in [6.45, 7) is 8.83. The average molecular weight is 517 g/mol. The number of aromatic nitrogens is 1. The molecule has 37 heavy (non-hydrogen) atoms. The van der Waals surface area contributed by atoms with E-state index in [0.717, 1.165) is 41.5 Å². The number of hydrogen-bond donors (Lipinski definition) is 1. The van der Waals surface area contributed by atoms with Crippen molar-refractivity contribution in [2.24, 2.45) is 11.1 Å². The highest BCUT2D eigenvalue weighted by molar-refractivity contribution is 5.95. The number of fused-ring (bicyclic) bond motifs is 1. The van der Waals surface area contributed by atoms with Gasteiger partial charge in [0.1, 0.15) is 11.4 Å². The molecule has 2 fully saturated rings. The maximum absolute atomic E-state index is 15.2. The zero-order valence-electron chi connectivity index (χ0n) is 22.1. The number of nitrogens with two attached hydrogens (primary N) is 1. The fraction of sp³-hybridized carbons (Fsp3) is 0.593. The van der Waals surface area contributed by atoms with Crippen molar-refractivity contribution in [1.82, 2.24) is 9.47 Å². The van der Waals surface area contributed by atoms with Crippen molar-refractivity contribution in [3.05, 3.63) is 30.2 Å². The number of ether oxygens (including phenoxy) is 2. The van der Waals surface area contributed by atoms with Gasteiger partial charge in [-0.25, -0.2) is 14.0 Å². The number of primary amides is 1. The van der Waals surface area contributed by atoms with Gasteiger partial charge in [-0.3, -0.25) is 9.69 Å². The van der Waals surface area contributed by atoms with Crippen LogP contribution in [0.5, 0.6) is 0 Å². The first-order valence-electron chi connectivity index (χ1n) is 12.9. The van der Waals surface area contributed by atoms with Crippen LogP contribution in [0, 0.1) is 11.2 Å². The number of piperidine rings is 1. The average Bonchev–Trinajstić information content (AvgIpc) is 3.18. The summed E-state index contributed by atoms with van der Waals surface area (Å²) in [6, 6.07) is 4.35. The van der Waals surface area contributed by atoms with Crippen molar-refractivity contribution in [2.75, 3.05) is 31.1 Å². The molecule has 1 aliphatic carbocycles. The summed E-state index contributed by atoms with van der Waals surface area (Å²) >= 11 is 0. The van der Waals surface area contributed by atoms with Crippen LogP contribution in [-0.4, -0.2) is 59.4 Å². The number of hydrogen-bond acceptors (Lipinski definition) is 5. The van der Waals surface area contributed by atoms with E-state index in [2.05, 4.69) is 4.57 Å². The Labute approximate surface area is 216 Å². The third kappa shape index (κ3) is 5.83. The molecule has 1 spiro atoms. The molecule has 2 aliphatic rings. The SMILES string of the molecule is CCOC(=O)CCN(C(N)=O)c1cc2ccn(C3CC4(CCN(C(=O)OC(C)(C)C)CC4)C3)c2cc1F. The van der Waals surface area contributed by atoms with Crippen molar-refractivity contribution in [1.29, 1.82) is 0 Å². The minimum absolute atomic E-state index is 0.0432. The number of benzene rings is 1. The minimum Gasteiger partial charge on any atom is -0.466 e. The number of likely N-dealkylation sites (tertiary alicyclic amines) is 1. The highest BCUT2D eigenvalue weighted by Gasteiger charge is 2.47. The minimum atomic E-state index is -0.833. The molecule has 1 aromatic heterocycles. The van der Waals surface area contributed by atoms with Crippen LogP contribution in [0.4, 0.5) is 19.7 Å². The van der Waals surface area contributed by atoms with Crippen LogP contribution in [0.15, 0.2) is 24.4 Å². The van der Waals surface area contributed by atoms with Crippen LogP contribution in [-0.2, 0) is 14.3 Å². The normalized spacial score (nSPS) is 17.5. The van der Waals surface area contributed by atoms with Gasteiger partial charge in [0.05, 0.1) is 24.2 Å². The summed E-state index contributed by atoms with van der Waals surface area (Å²) in [5.74, 6) is -1.05. The molecule has 2 N–H and O–H groups in total. The molecular weight excluding hydrogens is 479 g/mol. The first-order valence-corrected chi connectivity index (χ1v) is 12.9. The molecule has 0 atom stereocenters. The molecule has 0 bridgehead atoms.